The van der Waals surface area contributed by atoms with Crippen molar-refractivity contribution in [2.24, 2.45) is 0 Å². The van der Waals surface area contributed by atoms with Crippen LogP contribution >= 0.6 is 0 Å². The molecule has 1 aromatic heterocycles. The fourth-order valence-corrected chi connectivity index (χ4v) is 2.21. The van der Waals surface area contributed by atoms with Crippen molar-refractivity contribution in [1.29, 1.82) is 0 Å². The fourth-order valence-electron chi connectivity index (χ4n) is 2.21. The highest BCUT2D eigenvalue weighted by Crippen LogP contribution is 2.27. The van der Waals surface area contributed by atoms with Crippen molar-refractivity contribution in [3.63, 3.8) is 0 Å². The number of aliphatic hydroxyl groups excluding tert-OH is 1. The summed E-state index contributed by atoms with van der Waals surface area (Å²) in [5.41, 5.74) is 5.70. The third-order valence-corrected chi connectivity index (χ3v) is 3.02. The molecule has 0 aliphatic heterocycles. The molecular weight excluding hydrogens is 192 g/mol. The van der Waals surface area contributed by atoms with Gasteiger partial charge in [-0.2, -0.15) is 0 Å². The summed E-state index contributed by atoms with van der Waals surface area (Å²) in [6.45, 7) is 0. The van der Waals surface area contributed by atoms with Gasteiger partial charge in [-0.15, -0.1) is 0 Å². The lowest BCUT2D eigenvalue weighted by molar-refractivity contribution is 0.103. The fraction of sp³-hybridized carbons (Fsp3) is 0.545. The van der Waals surface area contributed by atoms with E-state index in [0.29, 0.717) is 6.42 Å². The number of hydrogen-bond donors (Lipinski definition) is 2. The van der Waals surface area contributed by atoms with E-state index >= 15 is 0 Å². The van der Waals surface area contributed by atoms with Crippen LogP contribution in [0.25, 0.3) is 0 Å². The first kappa shape index (κ1) is 10.2. The third-order valence-electron chi connectivity index (χ3n) is 3.02. The minimum absolute atomic E-state index is 0.102. The molecule has 3 N–H and O–H groups in total. The Labute approximate surface area is 88.3 Å². The van der Waals surface area contributed by atoms with Crippen molar-refractivity contribution in [3.8, 4) is 0 Å². The van der Waals surface area contributed by atoms with Gasteiger partial charge in [-0.25, -0.2) is 0 Å². The number of pyridine rings is 1. The Hall–Kier alpha value is -1.29. The summed E-state index contributed by atoms with van der Waals surface area (Å²) in [5, 5.41) is 9.55. The molecule has 82 valence electrons. The molecule has 1 aliphatic rings. The second-order valence-electron chi connectivity index (χ2n) is 4.15. The van der Waals surface area contributed by atoms with Crippen LogP contribution in [0.4, 0.5) is 5.69 Å². The van der Waals surface area contributed by atoms with E-state index in [2.05, 4.69) is 0 Å². The largest absolute Gasteiger partial charge is 0.394 e. The smallest absolute Gasteiger partial charge is 0.273 e. The molecule has 0 aromatic carbocycles. The molecule has 0 saturated heterocycles. The summed E-state index contributed by atoms with van der Waals surface area (Å²) < 4.78 is 1.65. The van der Waals surface area contributed by atoms with E-state index in [-0.39, 0.29) is 23.4 Å². The first-order valence-electron chi connectivity index (χ1n) is 5.33. The lowest BCUT2D eigenvalue weighted by Crippen LogP contribution is -2.30. The minimum Gasteiger partial charge on any atom is -0.394 e. The van der Waals surface area contributed by atoms with E-state index in [0.717, 1.165) is 19.3 Å². The zero-order valence-corrected chi connectivity index (χ0v) is 8.60. The summed E-state index contributed by atoms with van der Waals surface area (Å²) in [5.74, 6) is 0. The summed E-state index contributed by atoms with van der Waals surface area (Å²) in [4.78, 5) is 11.7. The molecular formula is C11H16N2O2. The van der Waals surface area contributed by atoms with Crippen molar-refractivity contribution in [2.75, 3.05) is 5.73 Å². The first-order chi connectivity index (χ1) is 7.18. The molecule has 1 fully saturated rings. The number of aliphatic hydroxyl groups is 1. The van der Waals surface area contributed by atoms with Gasteiger partial charge in [0.15, 0.2) is 0 Å². The minimum atomic E-state index is -0.280. The van der Waals surface area contributed by atoms with Crippen LogP contribution in [0, 0.1) is 0 Å². The van der Waals surface area contributed by atoms with E-state index in [1.165, 1.54) is 0 Å². The number of nitrogens with zero attached hydrogens (tertiary/aromatic N) is 1. The number of aromatic nitrogens is 1. The molecule has 2 atom stereocenters. The zero-order chi connectivity index (χ0) is 10.8. The number of rotatable bonds is 1. The molecule has 4 heteroatoms. The summed E-state index contributed by atoms with van der Waals surface area (Å²) in [6.07, 6.45) is 4.88. The Balaban J connectivity index is 2.29. The van der Waals surface area contributed by atoms with Crippen LogP contribution in [0.15, 0.2) is 23.1 Å². The van der Waals surface area contributed by atoms with Crippen LogP contribution in [0.1, 0.15) is 31.7 Å². The maximum absolute atomic E-state index is 11.7. The standard InChI is InChI=1S/C11H16N2O2/c12-10-5-2-6-13(11(10)15)8-3-1-4-9(14)7-8/h2,5-6,8-9,14H,1,3-4,7,12H2/t8-,9-/m0/s1. The van der Waals surface area contributed by atoms with Crippen LogP contribution < -0.4 is 11.3 Å². The van der Waals surface area contributed by atoms with E-state index < -0.39 is 0 Å². The molecule has 2 rings (SSSR count). The average Bonchev–Trinajstić information content (AvgIpc) is 2.22. The molecule has 1 aliphatic carbocycles. The summed E-state index contributed by atoms with van der Waals surface area (Å²) >= 11 is 0. The molecule has 1 aromatic rings. The predicted molar refractivity (Wildman–Crippen MR) is 58.6 cm³/mol. The molecule has 1 saturated carbocycles. The maximum Gasteiger partial charge on any atom is 0.273 e. The van der Waals surface area contributed by atoms with Crippen molar-refractivity contribution < 1.29 is 5.11 Å². The topological polar surface area (TPSA) is 68.2 Å². The van der Waals surface area contributed by atoms with E-state index in [4.69, 9.17) is 5.73 Å². The van der Waals surface area contributed by atoms with Gasteiger partial charge in [-0.1, -0.05) is 0 Å². The second kappa shape index (κ2) is 4.06. The predicted octanol–water partition coefficient (Wildman–Crippen LogP) is 0.906. The van der Waals surface area contributed by atoms with Gasteiger partial charge < -0.3 is 15.4 Å². The van der Waals surface area contributed by atoms with Crippen LogP contribution in [-0.4, -0.2) is 15.8 Å². The number of nitrogen functional groups attached to an aromatic ring is 1. The Morgan fingerprint density at radius 2 is 2.27 bits per heavy atom. The van der Waals surface area contributed by atoms with Gasteiger partial charge in [0, 0.05) is 12.2 Å². The summed E-state index contributed by atoms with van der Waals surface area (Å²) in [6, 6.07) is 3.49. The Bertz CT molecular complexity index is 400. The molecule has 4 nitrogen and oxygen atoms in total. The van der Waals surface area contributed by atoms with Gasteiger partial charge in [-0.3, -0.25) is 4.79 Å². The number of hydrogen-bond acceptors (Lipinski definition) is 3. The van der Waals surface area contributed by atoms with Crippen molar-refractivity contribution in [3.05, 3.63) is 28.7 Å². The lowest BCUT2D eigenvalue weighted by Gasteiger charge is -2.27. The Morgan fingerprint density at radius 3 is 3.00 bits per heavy atom. The van der Waals surface area contributed by atoms with Crippen LogP contribution in [0.3, 0.4) is 0 Å². The first-order valence-corrected chi connectivity index (χ1v) is 5.33. The van der Waals surface area contributed by atoms with Crippen molar-refractivity contribution in [1.82, 2.24) is 4.57 Å². The lowest BCUT2D eigenvalue weighted by atomic mass is 9.93. The van der Waals surface area contributed by atoms with Crippen LogP contribution in [0.2, 0.25) is 0 Å². The van der Waals surface area contributed by atoms with Gasteiger partial charge in [0.05, 0.1) is 11.8 Å². The highest BCUT2D eigenvalue weighted by molar-refractivity contribution is 5.33. The molecule has 0 unspecified atom stereocenters. The van der Waals surface area contributed by atoms with E-state index in [1.54, 1.807) is 22.9 Å². The molecule has 15 heavy (non-hydrogen) atoms. The van der Waals surface area contributed by atoms with Gasteiger partial charge in [0.1, 0.15) is 0 Å². The molecule has 0 spiro atoms. The zero-order valence-electron chi connectivity index (χ0n) is 8.60. The van der Waals surface area contributed by atoms with Crippen LogP contribution in [-0.2, 0) is 0 Å². The summed E-state index contributed by atoms with van der Waals surface area (Å²) in [7, 11) is 0. The quantitative estimate of drug-likeness (QED) is 0.720. The maximum atomic E-state index is 11.7. The van der Waals surface area contributed by atoms with Crippen molar-refractivity contribution in [2.45, 2.75) is 37.8 Å². The molecule has 0 bridgehead atoms. The van der Waals surface area contributed by atoms with Gasteiger partial charge >= 0.3 is 0 Å². The highest BCUT2D eigenvalue weighted by Gasteiger charge is 2.22. The monoisotopic (exact) mass is 208 g/mol. The van der Waals surface area contributed by atoms with Crippen molar-refractivity contribution >= 4 is 5.69 Å². The van der Waals surface area contributed by atoms with Gasteiger partial charge in [0.25, 0.3) is 5.56 Å². The Morgan fingerprint density at radius 1 is 1.47 bits per heavy atom. The van der Waals surface area contributed by atoms with E-state index in [9.17, 15) is 9.90 Å². The molecule has 0 radical (unpaired) electrons. The normalized spacial score (nSPS) is 26.5. The average molecular weight is 208 g/mol. The highest BCUT2D eigenvalue weighted by atomic mass is 16.3. The second-order valence-corrected chi connectivity index (χ2v) is 4.15. The molecule has 1 heterocycles. The number of anilines is 1. The number of nitrogens with two attached hydrogens (primary N) is 1. The van der Waals surface area contributed by atoms with Crippen LogP contribution in [0.5, 0.6) is 0 Å². The SMILES string of the molecule is Nc1cccn([C@H]2CCC[C@H](O)C2)c1=O. The third kappa shape index (κ3) is 2.04. The molecule has 0 amide bonds. The van der Waals surface area contributed by atoms with E-state index in [1.807, 2.05) is 0 Å². The van der Waals surface area contributed by atoms with Gasteiger partial charge in [0.2, 0.25) is 0 Å². The Kier molecular flexibility index (Phi) is 2.77. The van der Waals surface area contributed by atoms with Gasteiger partial charge in [-0.05, 0) is 37.8 Å².